The molecule has 0 aliphatic heterocycles. The van der Waals surface area contributed by atoms with Gasteiger partial charge in [0.15, 0.2) is 0 Å². The van der Waals surface area contributed by atoms with Gasteiger partial charge in [0.25, 0.3) is 0 Å². The summed E-state index contributed by atoms with van der Waals surface area (Å²) in [4.78, 5) is 11.0. The highest BCUT2D eigenvalue weighted by Crippen LogP contribution is 2.33. The van der Waals surface area contributed by atoms with Gasteiger partial charge in [-0.3, -0.25) is 4.68 Å². The predicted octanol–water partition coefficient (Wildman–Crippen LogP) is 3.85. The number of rotatable bonds is 7. The molecule has 2 aromatic rings. The van der Waals surface area contributed by atoms with Gasteiger partial charge < -0.3 is 10.1 Å². The predicted molar refractivity (Wildman–Crippen MR) is 102 cm³/mol. The molecule has 0 atom stereocenters. The summed E-state index contributed by atoms with van der Waals surface area (Å²) in [5, 5.41) is 12.9. The molecule has 2 fully saturated rings. The molecule has 2 aromatic heterocycles. The van der Waals surface area contributed by atoms with E-state index in [0.717, 1.165) is 67.2 Å². The molecule has 2 aliphatic rings. The van der Waals surface area contributed by atoms with Crippen molar-refractivity contribution < 1.29 is 4.79 Å². The SMILES string of the molecule is C=C(C)c1nn(C2CCC(C=O)CC2)cc1-n1nccc1NCC1CC1. The van der Waals surface area contributed by atoms with Crippen molar-refractivity contribution in [1.29, 1.82) is 0 Å². The van der Waals surface area contributed by atoms with E-state index < -0.39 is 0 Å². The van der Waals surface area contributed by atoms with Gasteiger partial charge in [-0.25, -0.2) is 4.68 Å². The van der Waals surface area contributed by atoms with E-state index in [4.69, 9.17) is 5.10 Å². The number of carbonyl (C=O) groups excluding carboxylic acids is 1. The lowest BCUT2D eigenvalue weighted by atomic mass is 9.87. The first kappa shape index (κ1) is 17.1. The van der Waals surface area contributed by atoms with E-state index in [1.54, 1.807) is 0 Å². The number of aldehydes is 1. The summed E-state index contributed by atoms with van der Waals surface area (Å²) in [6.45, 7) is 7.09. The van der Waals surface area contributed by atoms with Crippen LogP contribution in [0, 0.1) is 11.8 Å². The van der Waals surface area contributed by atoms with Gasteiger partial charge in [-0.05, 0) is 56.9 Å². The van der Waals surface area contributed by atoms with Crippen molar-refractivity contribution in [3.05, 3.63) is 30.7 Å². The van der Waals surface area contributed by atoms with E-state index in [0.29, 0.717) is 6.04 Å². The Hall–Kier alpha value is -2.37. The third-order valence-electron chi connectivity index (χ3n) is 5.56. The van der Waals surface area contributed by atoms with E-state index in [2.05, 4.69) is 27.9 Å². The normalized spacial score (nSPS) is 23.0. The van der Waals surface area contributed by atoms with Crippen LogP contribution in [-0.4, -0.2) is 32.4 Å². The lowest BCUT2D eigenvalue weighted by Crippen LogP contribution is -2.19. The molecule has 0 radical (unpaired) electrons. The van der Waals surface area contributed by atoms with Crippen molar-refractivity contribution in [3.8, 4) is 5.69 Å². The second kappa shape index (κ2) is 7.09. The molecule has 1 N–H and O–H groups in total. The number of anilines is 1. The van der Waals surface area contributed by atoms with Crippen LogP contribution in [0.3, 0.4) is 0 Å². The summed E-state index contributed by atoms with van der Waals surface area (Å²) in [7, 11) is 0. The molecule has 6 nitrogen and oxygen atoms in total. The number of nitrogens with one attached hydrogen (secondary N) is 1. The zero-order chi connectivity index (χ0) is 18.1. The molecule has 0 bridgehead atoms. The van der Waals surface area contributed by atoms with Crippen LogP contribution in [0.1, 0.15) is 57.2 Å². The number of hydrogen-bond donors (Lipinski definition) is 1. The molecular weight excluding hydrogens is 326 g/mol. The molecule has 0 saturated heterocycles. The van der Waals surface area contributed by atoms with Crippen molar-refractivity contribution in [3.63, 3.8) is 0 Å². The molecule has 2 heterocycles. The Morgan fingerprint density at radius 1 is 1.31 bits per heavy atom. The van der Waals surface area contributed by atoms with Crippen molar-refractivity contribution in [2.45, 2.75) is 51.5 Å². The Bertz CT molecular complexity index is 793. The second-order valence-electron chi connectivity index (χ2n) is 7.78. The van der Waals surface area contributed by atoms with Gasteiger partial charge in [0.05, 0.1) is 18.4 Å². The minimum Gasteiger partial charge on any atom is -0.370 e. The molecule has 0 amide bonds. The van der Waals surface area contributed by atoms with Gasteiger partial charge in [-0.2, -0.15) is 10.2 Å². The van der Waals surface area contributed by atoms with Crippen LogP contribution in [0.5, 0.6) is 0 Å². The maximum absolute atomic E-state index is 11.0. The van der Waals surface area contributed by atoms with E-state index in [-0.39, 0.29) is 5.92 Å². The van der Waals surface area contributed by atoms with Gasteiger partial charge >= 0.3 is 0 Å². The van der Waals surface area contributed by atoms with Crippen LogP contribution in [0.15, 0.2) is 25.0 Å². The number of aromatic nitrogens is 4. The lowest BCUT2D eigenvalue weighted by Gasteiger charge is -2.25. The first-order chi connectivity index (χ1) is 12.7. The van der Waals surface area contributed by atoms with Crippen molar-refractivity contribution in [2.24, 2.45) is 11.8 Å². The first-order valence-electron chi connectivity index (χ1n) is 9.64. The molecule has 2 saturated carbocycles. The number of carbonyl (C=O) groups is 1. The fraction of sp³-hybridized carbons (Fsp3) is 0.550. The summed E-state index contributed by atoms with van der Waals surface area (Å²) in [6.07, 6.45) is 11.5. The van der Waals surface area contributed by atoms with Gasteiger partial charge in [0.2, 0.25) is 0 Å². The van der Waals surface area contributed by atoms with Gasteiger partial charge in [0.1, 0.15) is 23.5 Å². The highest BCUT2D eigenvalue weighted by atomic mass is 16.1. The Morgan fingerprint density at radius 3 is 2.73 bits per heavy atom. The van der Waals surface area contributed by atoms with Crippen molar-refractivity contribution >= 4 is 17.7 Å². The summed E-state index contributed by atoms with van der Waals surface area (Å²) < 4.78 is 4.00. The van der Waals surface area contributed by atoms with Gasteiger partial charge in [-0.1, -0.05) is 6.58 Å². The Balaban J connectivity index is 1.59. The number of allylic oxidation sites excluding steroid dienone is 1. The molecule has 0 unspecified atom stereocenters. The fourth-order valence-electron chi connectivity index (χ4n) is 3.73. The topological polar surface area (TPSA) is 64.7 Å². The Labute approximate surface area is 154 Å². The zero-order valence-corrected chi connectivity index (χ0v) is 15.4. The van der Waals surface area contributed by atoms with Crippen LogP contribution < -0.4 is 5.32 Å². The van der Waals surface area contributed by atoms with Crippen LogP contribution in [0.2, 0.25) is 0 Å². The molecule has 0 aromatic carbocycles. The largest absolute Gasteiger partial charge is 0.370 e. The number of hydrogen-bond acceptors (Lipinski definition) is 4. The smallest absolute Gasteiger partial charge is 0.129 e. The standard InChI is InChI=1S/C20H27N5O/c1-14(2)20-18(25-19(9-10-22-25)21-11-15-3-4-15)12-24(23-20)17-7-5-16(13-26)6-8-17/h9-10,12-13,15-17,21H,1,3-8,11H2,2H3. The van der Waals surface area contributed by atoms with E-state index >= 15 is 0 Å². The maximum atomic E-state index is 11.0. The van der Waals surface area contributed by atoms with Crippen molar-refractivity contribution in [1.82, 2.24) is 19.6 Å². The quantitative estimate of drug-likeness (QED) is 0.768. The molecule has 138 valence electrons. The van der Waals surface area contributed by atoms with E-state index in [1.807, 2.05) is 23.9 Å². The van der Waals surface area contributed by atoms with Crippen molar-refractivity contribution in [2.75, 3.05) is 11.9 Å². The Kier molecular flexibility index (Phi) is 4.66. The zero-order valence-electron chi connectivity index (χ0n) is 15.4. The number of nitrogens with zero attached hydrogens (tertiary/aromatic N) is 4. The third kappa shape index (κ3) is 3.45. The minimum absolute atomic E-state index is 0.214. The molecule has 4 rings (SSSR count). The average Bonchev–Trinajstić information content (AvgIpc) is 3.19. The summed E-state index contributed by atoms with van der Waals surface area (Å²) in [6, 6.07) is 2.36. The Morgan fingerprint density at radius 2 is 2.08 bits per heavy atom. The molecular formula is C20H27N5O. The minimum atomic E-state index is 0.214. The van der Waals surface area contributed by atoms with Crippen LogP contribution in [0.25, 0.3) is 11.3 Å². The van der Waals surface area contributed by atoms with Crippen LogP contribution in [0.4, 0.5) is 5.82 Å². The molecule has 6 heteroatoms. The average molecular weight is 353 g/mol. The molecule has 26 heavy (non-hydrogen) atoms. The highest BCUT2D eigenvalue weighted by Gasteiger charge is 2.25. The van der Waals surface area contributed by atoms with Crippen LogP contribution in [-0.2, 0) is 4.79 Å². The van der Waals surface area contributed by atoms with Crippen LogP contribution >= 0.6 is 0 Å². The molecule has 2 aliphatic carbocycles. The van der Waals surface area contributed by atoms with Gasteiger partial charge in [0, 0.05) is 18.5 Å². The van der Waals surface area contributed by atoms with E-state index in [9.17, 15) is 4.79 Å². The summed E-state index contributed by atoms with van der Waals surface area (Å²) in [5.74, 6) is 2.02. The maximum Gasteiger partial charge on any atom is 0.129 e. The summed E-state index contributed by atoms with van der Waals surface area (Å²) in [5.41, 5.74) is 2.79. The highest BCUT2D eigenvalue weighted by molar-refractivity contribution is 5.67. The first-order valence-corrected chi connectivity index (χ1v) is 9.64. The molecule has 0 spiro atoms. The second-order valence-corrected chi connectivity index (χ2v) is 7.78. The third-order valence-corrected chi connectivity index (χ3v) is 5.56. The van der Waals surface area contributed by atoms with E-state index in [1.165, 1.54) is 12.8 Å². The lowest BCUT2D eigenvalue weighted by molar-refractivity contribution is -0.112. The summed E-state index contributed by atoms with van der Waals surface area (Å²) >= 11 is 0. The fourth-order valence-corrected chi connectivity index (χ4v) is 3.73. The van der Waals surface area contributed by atoms with Gasteiger partial charge in [-0.15, -0.1) is 0 Å². The monoisotopic (exact) mass is 353 g/mol.